The van der Waals surface area contributed by atoms with Gasteiger partial charge >= 0.3 is 6.01 Å². The van der Waals surface area contributed by atoms with Gasteiger partial charge in [-0.15, -0.1) is 5.10 Å². The Bertz CT molecular complexity index is 646. The maximum absolute atomic E-state index is 5.76. The van der Waals surface area contributed by atoms with E-state index < -0.39 is 0 Å². The second-order valence-corrected chi connectivity index (χ2v) is 7.02. The molecule has 1 aromatic heterocycles. The predicted octanol–water partition coefficient (Wildman–Crippen LogP) is 2.72. The van der Waals surface area contributed by atoms with Crippen molar-refractivity contribution in [2.75, 3.05) is 31.6 Å². The van der Waals surface area contributed by atoms with Crippen molar-refractivity contribution in [2.24, 2.45) is 0 Å². The van der Waals surface area contributed by atoms with Gasteiger partial charge in [0.25, 0.3) is 0 Å². The van der Waals surface area contributed by atoms with E-state index in [9.17, 15) is 0 Å². The topological polar surface area (TPSA) is 63.4 Å². The first-order chi connectivity index (χ1) is 12.3. The van der Waals surface area contributed by atoms with E-state index in [1.165, 1.54) is 18.4 Å². The summed E-state index contributed by atoms with van der Waals surface area (Å²) in [6, 6.07) is 11.1. The molecule has 0 spiro atoms. The maximum Gasteiger partial charge on any atom is 0.315 e. The summed E-state index contributed by atoms with van der Waals surface area (Å²) in [7, 11) is 0. The van der Waals surface area contributed by atoms with Crippen LogP contribution in [0.5, 0.6) is 0 Å². The van der Waals surface area contributed by atoms with Gasteiger partial charge in [-0.2, -0.15) is 0 Å². The van der Waals surface area contributed by atoms with Crippen LogP contribution < -0.4 is 5.32 Å². The van der Waals surface area contributed by atoms with Crippen LogP contribution in [0.2, 0.25) is 0 Å². The molecule has 4 rings (SSSR count). The molecular weight excluding hydrogens is 316 g/mol. The van der Waals surface area contributed by atoms with Crippen LogP contribution in [-0.4, -0.2) is 53.5 Å². The average Bonchev–Trinajstić information content (AvgIpc) is 3.30. The molecule has 2 saturated heterocycles. The van der Waals surface area contributed by atoms with Crippen molar-refractivity contribution in [3.8, 4) is 0 Å². The Hall–Kier alpha value is -1.92. The number of piperidine rings is 1. The number of hydrogen-bond acceptors (Lipinski definition) is 6. The van der Waals surface area contributed by atoms with E-state index in [0.29, 0.717) is 30.5 Å². The third-order valence-electron chi connectivity index (χ3n) is 5.07. The van der Waals surface area contributed by atoms with Gasteiger partial charge in [0.1, 0.15) is 0 Å². The minimum atomic E-state index is 0.408. The molecular formula is C19H26N4O2. The molecule has 6 heteroatoms. The Morgan fingerprint density at radius 2 is 1.92 bits per heavy atom. The molecule has 25 heavy (non-hydrogen) atoms. The molecule has 0 saturated carbocycles. The first kappa shape index (κ1) is 16.5. The van der Waals surface area contributed by atoms with Crippen LogP contribution >= 0.6 is 0 Å². The van der Waals surface area contributed by atoms with Gasteiger partial charge in [0.05, 0.1) is 12.5 Å². The monoisotopic (exact) mass is 342 g/mol. The summed E-state index contributed by atoms with van der Waals surface area (Å²) in [4.78, 5) is 2.52. The lowest BCUT2D eigenvalue weighted by atomic mass is 10.0. The highest BCUT2D eigenvalue weighted by Crippen LogP contribution is 2.19. The van der Waals surface area contributed by atoms with Crippen molar-refractivity contribution in [2.45, 2.75) is 44.2 Å². The highest BCUT2D eigenvalue weighted by molar-refractivity contribution is 5.22. The Morgan fingerprint density at radius 1 is 1.08 bits per heavy atom. The van der Waals surface area contributed by atoms with Crippen LogP contribution in [0.3, 0.4) is 0 Å². The minimum Gasteiger partial charge on any atom is -0.408 e. The molecule has 0 radical (unpaired) electrons. The van der Waals surface area contributed by atoms with Crippen molar-refractivity contribution in [1.82, 2.24) is 15.1 Å². The van der Waals surface area contributed by atoms with Gasteiger partial charge in [-0.3, -0.25) is 0 Å². The third-order valence-corrected chi connectivity index (χ3v) is 5.07. The number of ether oxygens (including phenoxy) is 1. The molecule has 1 unspecified atom stereocenters. The van der Waals surface area contributed by atoms with Crippen molar-refractivity contribution in [1.29, 1.82) is 0 Å². The van der Waals surface area contributed by atoms with E-state index in [2.05, 4.69) is 32.5 Å². The quantitative estimate of drug-likeness (QED) is 0.871. The van der Waals surface area contributed by atoms with Gasteiger partial charge < -0.3 is 19.4 Å². The van der Waals surface area contributed by atoms with Gasteiger partial charge in [0.15, 0.2) is 0 Å². The molecule has 2 fully saturated rings. The zero-order valence-corrected chi connectivity index (χ0v) is 14.6. The van der Waals surface area contributed by atoms with Gasteiger partial charge in [0, 0.05) is 32.3 Å². The summed E-state index contributed by atoms with van der Waals surface area (Å²) >= 11 is 0. The normalized spacial score (nSPS) is 22.3. The highest BCUT2D eigenvalue weighted by atomic mass is 16.5. The lowest BCUT2D eigenvalue weighted by Crippen LogP contribution is -2.42. The van der Waals surface area contributed by atoms with Gasteiger partial charge in [-0.05, 0) is 31.2 Å². The molecule has 0 amide bonds. The van der Waals surface area contributed by atoms with E-state index in [1.54, 1.807) is 0 Å². The molecule has 2 aliphatic rings. The molecule has 6 nitrogen and oxygen atoms in total. The largest absolute Gasteiger partial charge is 0.408 e. The third kappa shape index (κ3) is 4.58. The Kier molecular flexibility index (Phi) is 5.28. The number of anilines is 1. The minimum absolute atomic E-state index is 0.408. The SMILES string of the molecule is c1ccc(Cc2nnc(NC3CCN(CC4CCCO4)CC3)o2)cc1. The molecule has 0 bridgehead atoms. The molecule has 1 N–H and O–H groups in total. The van der Waals surface area contributed by atoms with E-state index in [0.717, 1.165) is 39.1 Å². The number of hydrogen-bond donors (Lipinski definition) is 1. The zero-order valence-electron chi connectivity index (χ0n) is 14.6. The van der Waals surface area contributed by atoms with Gasteiger partial charge in [-0.25, -0.2) is 0 Å². The van der Waals surface area contributed by atoms with Crippen LogP contribution in [0.4, 0.5) is 6.01 Å². The second kappa shape index (κ2) is 7.97. The number of benzene rings is 1. The molecule has 0 aliphatic carbocycles. The molecule has 2 aliphatic heterocycles. The van der Waals surface area contributed by atoms with Gasteiger partial charge in [-0.1, -0.05) is 35.4 Å². The Balaban J connectivity index is 1.23. The summed E-state index contributed by atoms with van der Waals surface area (Å²) in [5, 5.41) is 11.7. The number of likely N-dealkylation sites (tertiary alicyclic amines) is 1. The Labute approximate surface area is 148 Å². The molecule has 134 valence electrons. The highest BCUT2D eigenvalue weighted by Gasteiger charge is 2.24. The Morgan fingerprint density at radius 3 is 2.68 bits per heavy atom. The summed E-state index contributed by atoms with van der Waals surface area (Å²) in [6.07, 6.45) is 5.75. The second-order valence-electron chi connectivity index (χ2n) is 7.02. The van der Waals surface area contributed by atoms with E-state index >= 15 is 0 Å². The van der Waals surface area contributed by atoms with Gasteiger partial charge in [0.2, 0.25) is 5.89 Å². The smallest absolute Gasteiger partial charge is 0.315 e. The predicted molar refractivity (Wildman–Crippen MR) is 95.6 cm³/mol. The first-order valence-electron chi connectivity index (χ1n) is 9.32. The summed E-state index contributed by atoms with van der Waals surface area (Å²) in [6.45, 7) is 4.21. The first-order valence-corrected chi connectivity index (χ1v) is 9.32. The summed E-state index contributed by atoms with van der Waals surface area (Å²) in [5.74, 6) is 0.657. The molecule has 1 aromatic carbocycles. The lowest BCUT2D eigenvalue weighted by Gasteiger charge is -2.33. The number of nitrogens with zero attached hydrogens (tertiary/aromatic N) is 3. The number of aromatic nitrogens is 2. The van der Waals surface area contributed by atoms with E-state index in [1.807, 2.05) is 18.2 Å². The standard InChI is InChI=1S/C19H26N4O2/c1-2-5-15(6-3-1)13-18-21-22-19(25-18)20-16-8-10-23(11-9-16)14-17-7-4-12-24-17/h1-3,5-6,16-17H,4,7-14H2,(H,20,22). The van der Waals surface area contributed by atoms with Crippen LogP contribution in [0.15, 0.2) is 34.7 Å². The fraction of sp³-hybridized carbons (Fsp3) is 0.579. The fourth-order valence-corrected chi connectivity index (χ4v) is 3.66. The van der Waals surface area contributed by atoms with Crippen molar-refractivity contribution in [3.63, 3.8) is 0 Å². The van der Waals surface area contributed by atoms with Crippen LogP contribution in [0, 0.1) is 0 Å². The number of nitrogens with one attached hydrogen (secondary N) is 1. The maximum atomic E-state index is 5.76. The van der Waals surface area contributed by atoms with E-state index in [4.69, 9.17) is 9.15 Å². The lowest BCUT2D eigenvalue weighted by molar-refractivity contribution is 0.0653. The van der Waals surface area contributed by atoms with Crippen LogP contribution in [0.1, 0.15) is 37.1 Å². The summed E-state index contributed by atoms with van der Waals surface area (Å²) < 4.78 is 11.5. The van der Waals surface area contributed by atoms with Crippen molar-refractivity contribution in [3.05, 3.63) is 41.8 Å². The van der Waals surface area contributed by atoms with Crippen LogP contribution in [-0.2, 0) is 11.2 Å². The van der Waals surface area contributed by atoms with E-state index in [-0.39, 0.29) is 0 Å². The average molecular weight is 342 g/mol. The molecule has 3 heterocycles. The molecule has 2 aromatic rings. The van der Waals surface area contributed by atoms with Crippen molar-refractivity contribution < 1.29 is 9.15 Å². The molecule has 1 atom stereocenters. The van der Waals surface area contributed by atoms with Crippen LogP contribution in [0.25, 0.3) is 0 Å². The zero-order chi connectivity index (χ0) is 16.9. The summed E-state index contributed by atoms with van der Waals surface area (Å²) in [5.41, 5.74) is 1.18. The van der Waals surface area contributed by atoms with Crippen molar-refractivity contribution >= 4 is 6.01 Å². The number of rotatable bonds is 6. The fourth-order valence-electron chi connectivity index (χ4n) is 3.66.